The molecule has 0 N–H and O–H groups in total. The zero-order valence-electron chi connectivity index (χ0n) is 8.71. The van der Waals surface area contributed by atoms with Crippen molar-refractivity contribution in [3.05, 3.63) is 0 Å². The SMILES string of the molecule is CCO[PH](=O)C(C)C1CCCCC1. The highest BCUT2D eigenvalue weighted by atomic mass is 31.1. The quantitative estimate of drug-likeness (QED) is 0.655. The van der Waals surface area contributed by atoms with Crippen LogP contribution in [0.25, 0.3) is 0 Å². The maximum Gasteiger partial charge on any atom is 0.194 e. The van der Waals surface area contributed by atoms with Gasteiger partial charge < -0.3 is 4.52 Å². The molecule has 0 spiro atoms. The second-order valence-corrected chi connectivity index (χ2v) is 5.78. The first-order valence-electron chi connectivity index (χ1n) is 5.42. The fourth-order valence-corrected chi connectivity index (χ4v) is 3.37. The summed E-state index contributed by atoms with van der Waals surface area (Å²) in [5, 5.41) is 0. The van der Waals surface area contributed by atoms with Gasteiger partial charge in [-0.2, -0.15) is 0 Å². The van der Waals surface area contributed by atoms with Gasteiger partial charge in [0, 0.05) is 5.66 Å². The normalized spacial score (nSPS) is 24.2. The van der Waals surface area contributed by atoms with E-state index in [2.05, 4.69) is 6.92 Å². The molecule has 2 atom stereocenters. The molecule has 1 saturated carbocycles. The van der Waals surface area contributed by atoms with E-state index in [-0.39, 0.29) is 0 Å². The van der Waals surface area contributed by atoms with Gasteiger partial charge in [-0.15, -0.1) is 0 Å². The molecule has 2 nitrogen and oxygen atoms in total. The standard InChI is InChI=1S/C10H21O2P/c1-3-12-13(11)9(2)10-7-5-4-6-8-10/h9-10,13H,3-8H2,1-2H3. The number of rotatable bonds is 4. The summed E-state index contributed by atoms with van der Waals surface area (Å²) in [5.74, 6) is 0.659. The summed E-state index contributed by atoms with van der Waals surface area (Å²) in [5.41, 5.74) is 0.297. The van der Waals surface area contributed by atoms with Crippen molar-refractivity contribution >= 4 is 8.03 Å². The van der Waals surface area contributed by atoms with E-state index in [1.165, 1.54) is 32.1 Å². The van der Waals surface area contributed by atoms with Crippen LogP contribution in [0, 0.1) is 5.92 Å². The van der Waals surface area contributed by atoms with Crippen LogP contribution in [-0.4, -0.2) is 12.3 Å². The molecule has 1 rings (SSSR count). The lowest BCUT2D eigenvalue weighted by Crippen LogP contribution is -2.17. The van der Waals surface area contributed by atoms with Crippen molar-refractivity contribution in [3.63, 3.8) is 0 Å². The fraction of sp³-hybridized carbons (Fsp3) is 1.00. The van der Waals surface area contributed by atoms with Crippen molar-refractivity contribution in [1.29, 1.82) is 0 Å². The van der Waals surface area contributed by atoms with Crippen molar-refractivity contribution in [1.82, 2.24) is 0 Å². The summed E-state index contributed by atoms with van der Waals surface area (Å²) in [7, 11) is -1.77. The highest BCUT2D eigenvalue weighted by Crippen LogP contribution is 2.40. The average Bonchev–Trinajstić information content (AvgIpc) is 2.18. The van der Waals surface area contributed by atoms with Crippen molar-refractivity contribution in [3.8, 4) is 0 Å². The minimum Gasteiger partial charge on any atom is -0.331 e. The third kappa shape index (κ3) is 3.44. The lowest BCUT2D eigenvalue weighted by Gasteiger charge is -2.26. The molecule has 2 unspecified atom stereocenters. The zero-order valence-corrected chi connectivity index (χ0v) is 9.71. The van der Waals surface area contributed by atoms with Gasteiger partial charge in [-0.1, -0.05) is 26.2 Å². The number of hydrogen-bond acceptors (Lipinski definition) is 2. The monoisotopic (exact) mass is 204 g/mol. The minimum atomic E-state index is -1.77. The van der Waals surface area contributed by atoms with Crippen LogP contribution in [0.1, 0.15) is 46.0 Å². The topological polar surface area (TPSA) is 26.3 Å². The van der Waals surface area contributed by atoms with Gasteiger partial charge in [0.05, 0.1) is 6.61 Å². The second-order valence-electron chi connectivity index (χ2n) is 3.94. The van der Waals surface area contributed by atoms with Crippen molar-refractivity contribution in [2.24, 2.45) is 5.92 Å². The zero-order chi connectivity index (χ0) is 9.68. The van der Waals surface area contributed by atoms with E-state index >= 15 is 0 Å². The first-order valence-corrected chi connectivity index (χ1v) is 6.81. The van der Waals surface area contributed by atoms with Gasteiger partial charge in [-0.3, -0.25) is 4.57 Å². The first kappa shape index (κ1) is 11.3. The van der Waals surface area contributed by atoms with Crippen molar-refractivity contribution in [2.45, 2.75) is 51.6 Å². The molecule has 78 valence electrons. The lowest BCUT2D eigenvalue weighted by molar-refractivity contribution is 0.306. The van der Waals surface area contributed by atoms with E-state index in [0.717, 1.165) is 0 Å². The summed E-state index contributed by atoms with van der Waals surface area (Å²) in [4.78, 5) is 0. The van der Waals surface area contributed by atoms with E-state index in [0.29, 0.717) is 18.2 Å². The molecule has 0 heterocycles. The third-order valence-corrected chi connectivity index (χ3v) is 4.80. The van der Waals surface area contributed by atoms with Gasteiger partial charge in [0.1, 0.15) is 0 Å². The van der Waals surface area contributed by atoms with Crippen LogP contribution >= 0.6 is 8.03 Å². The molecule has 0 radical (unpaired) electrons. The van der Waals surface area contributed by atoms with Crippen LogP contribution in [0.15, 0.2) is 0 Å². The molecule has 3 heteroatoms. The summed E-state index contributed by atoms with van der Waals surface area (Å²) in [6.07, 6.45) is 6.50. The van der Waals surface area contributed by atoms with Gasteiger partial charge in [-0.25, -0.2) is 0 Å². The Kier molecular flexibility index (Phi) is 5.05. The van der Waals surface area contributed by atoms with Crippen LogP contribution in [-0.2, 0) is 9.09 Å². The summed E-state index contributed by atoms with van der Waals surface area (Å²) >= 11 is 0. The molecule has 0 aromatic heterocycles. The van der Waals surface area contributed by atoms with Crippen LogP contribution < -0.4 is 0 Å². The van der Waals surface area contributed by atoms with Gasteiger partial charge >= 0.3 is 0 Å². The molecular formula is C10H21O2P. The van der Waals surface area contributed by atoms with Crippen LogP contribution in [0.3, 0.4) is 0 Å². The van der Waals surface area contributed by atoms with Crippen LogP contribution in [0.2, 0.25) is 0 Å². The predicted octanol–water partition coefficient (Wildman–Crippen LogP) is 3.47. The second kappa shape index (κ2) is 5.82. The molecule has 1 aliphatic carbocycles. The average molecular weight is 204 g/mol. The highest BCUT2D eigenvalue weighted by Gasteiger charge is 2.24. The number of hydrogen-bond donors (Lipinski definition) is 0. The molecule has 0 amide bonds. The van der Waals surface area contributed by atoms with Gasteiger partial charge in [0.25, 0.3) is 0 Å². The molecule has 0 aliphatic heterocycles. The molecular weight excluding hydrogens is 183 g/mol. The minimum absolute atomic E-state index is 0.297. The third-order valence-electron chi connectivity index (χ3n) is 3.02. The first-order chi connectivity index (χ1) is 6.25. The van der Waals surface area contributed by atoms with Gasteiger partial charge in [-0.05, 0) is 25.7 Å². The van der Waals surface area contributed by atoms with E-state index in [1.54, 1.807) is 0 Å². The van der Waals surface area contributed by atoms with Crippen LogP contribution in [0.5, 0.6) is 0 Å². The fourth-order valence-electron chi connectivity index (χ4n) is 2.10. The van der Waals surface area contributed by atoms with Gasteiger partial charge in [0.15, 0.2) is 8.03 Å². The Hall–Kier alpha value is 0.190. The van der Waals surface area contributed by atoms with E-state index < -0.39 is 8.03 Å². The lowest BCUT2D eigenvalue weighted by atomic mass is 9.87. The summed E-state index contributed by atoms with van der Waals surface area (Å²) in [6.45, 7) is 4.60. The molecule has 13 heavy (non-hydrogen) atoms. The Morgan fingerprint density at radius 1 is 1.38 bits per heavy atom. The molecule has 0 saturated heterocycles. The van der Waals surface area contributed by atoms with Crippen LogP contribution in [0.4, 0.5) is 0 Å². The smallest absolute Gasteiger partial charge is 0.194 e. The molecule has 1 aliphatic rings. The van der Waals surface area contributed by atoms with Crippen molar-refractivity contribution < 1.29 is 9.09 Å². The van der Waals surface area contributed by atoms with Crippen molar-refractivity contribution in [2.75, 3.05) is 6.61 Å². The van der Waals surface area contributed by atoms with E-state index in [4.69, 9.17) is 4.52 Å². The Labute approximate surface area is 81.9 Å². The maximum absolute atomic E-state index is 11.6. The largest absolute Gasteiger partial charge is 0.331 e. The Morgan fingerprint density at radius 2 is 2.00 bits per heavy atom. The predicted molar refractivity (Wildman–Crippen MR) is 56.7 cm³/mol. The Balaban J connectivity index is 2.35. The highest BCUT2D eigenvalue weighted by molar-refractivity contribution is 7.40. The summed E-state index contributed by atoms with van der Waals surface area (Å²) in [6, 6.07) is 0. The molecule has 0 aromatic carbocycles. The van der Waals surface area contributed by atoms with E-state index in [9.17, 15) is 4.57 Å². The van der Waals surface area contributed by atoms with E-state index in [1.807, 2.05) is 6.92 Å². The van der Waals surface area contributed by atoms with Gasteiger partial charge in [0.2, 0.25) is 0 Å². The summed E-state index contributed by atoms with van der Waals surface area (Å²) < 4.78 is 16.8. The maximum atomic E-state index is 11.6. The molecule has 1 fully saturated rings. The Morgan fingerprint density at radius 3 is 2.54 bits per heavy atom. The molecule has 0 bridgehead atoms. The Bertz CT molecular complexity index is 164. The molecule has 0 aromatic rings.